The van der Waals surface area contributed by atoms with Crippen molar-refractivity contribution in [2.24, 2.45) is 0 Å². The van der Waals surface area contributed by atoms with Gasteiger partial charge in [-0.1, -0.05) is 60.7 Å². The predicted molar refractivity (Wildman–Crippen MR) is 79.3 cm³/mol. The quantitative estimate of drug-likeness (QED) is 0.915. The molecule has 2 aromatic carbocycles. The van der Waals surface area contributed by atoms with Crippen LogP contribution >= 0.6 is 0 Å². The highest BCUT2D eigenvalue weighted by Gasteiger charge is 2.13. The van der Waals surface area contributed by atoms with Gasteiger partial charge < -0.3 is 10.1 Å². The van der Waals surface area contributed by atoms with Gasteiger partial charge in [-0.3, -0.25) is 0 Å². The highest BCUT2D eigenvalue weighted by atomic mass is 16.6. The molecule has 4 nitrogen and oxygen atoms in total. The van der Waals surface area contributed by atoms with E-state index in [1.54, 1.807) is 0 Å². The topological polar surface area (TPSA) is 62.1 Å². The minimum absolute atomic E-state index is 0.378. The molecule has 0 heterocycles. The molecular weight excluding hydrogens is 264 g/mol. The first-order valence-electron chi connectivity index (χ1n) is 6.70. The van der Waals surface area contributed by atoms with Crippen molar-refractivity contribution in [3.05, 3.63) is 71.8 Å². The summed E-state index contributed by atoms with van der Waals surface area (Å²) < 4.78 is 5.11. The van der Waals surface area contributed by atoms with E-state index < -0.39 is 12.2 Å². The molecule has 1 amide bonds. The van der Waals surface area contributed by atoms with Crippen LogP contribution in [0.25, 0.3) is 0 Å². The van der Waals surface area contributed by atoms with Crippen LogP contribution in [0.4, 0.5) is 4.79 Å². The normalized spacial score (nSPS) is 11.2. The zero-order valence-corrected chi connectivity index (χ0v) is 11.5. The summed E-state index contributed by atoms with van der Waals surface area (Å²) in [5, 5.41) is 11.7. The van der Waals surface area contributed by atoms with Crippen LogP contribution < -0.4 is 5.32 Å². The third-order valence-corrected chi connectivity index (χ3v) is 2.94. The Bertz CT molecular complexity index is 606. The maximum absolute atomic E-state index is 11.7. The molecule has 0 aliphatic heterocycles. The number of rotatable bonds is 5. The summed E-state index contributed by atoms with van der Waals surface area (Å²) in [5.41, 5.74) is 1.94. The van der Waals surface area contributed by atoms with Gasteiger partial charge in [0.05, 0.1) is 0 Å². The summed E-state index contributed by atoms with van der Waals surface area (Å²) >= 11 is 0. The summed E-state index contributed by atoms with van der Waals surface area (Å²) in [6, 6.07) is 21.0. The second kappa shape index (κ2) is 7.71. The fraction of sp³-hybridized carbons (Fsp3) is 0.176. The first-order chi connectivity index (χ1) is 10.3. The molecule has 0 aromatic heterocycles. The molecule has 0 fully saturated rings. The van der Waals surface area contributed by atoms with Crippen LogP contribution in [0.15, 0.2) is 60.7 Å². The zero-order chi connectivity index (χ0) is 14.9. The maximum atomic E-state index is 11.7. The molecule has 2 aromatic rings. The van der Waals surface area contributed by atoms with E-state index in [1.165, 1.54) is 0 Å². The van der Waals surface area contributed by atoms with Crippen molar-refractivity contribution in [3.8, 4) is 6.07 Å². The zero-order valence-electron chi connectivity index (χ0n) is 11.5. The van der Waals surface area contributed by atoms with E-state index in [0.717, 1.165) is 11.1 Å². The minimum Gasteiger partial charge on any atom is -0.430 e. The SMILES string of the molecule is N#CC(Cc1ccccc1)OC(=O)NCc1ccccc1. The van der Waals surface area contributed by atoms with E-state index in [0.29, 0.717) is 13.0 Å². The van der Waals surface area contributed by atoms with Crippen LogP contribution in [-0.2, 0) is 17.7 Å². The molecule has 4 heteroatoms. The number of nitriles is 1. The molecule has 0 radical (unpaired) electrons. The third-order valence-electron chi connectivity index (χ3n) is 2.94. The molecule has 0 saturated carbocycles. The smallest absolute Gasteiger partial charge is 0.408 e. The van der Waals surface area contributed by atoms with Crippen molar-refractivity contribution in [2.75, 3.05) is 0 Å². The molecule has 0 bridgehead atoms. The fourth-order valence-corrected chi connectivity index (χ4v) is 1.88. The van der Waals surface area contributed by atoms with Crippen molar-refractivity contribution < 1.29 is 9.53 Å². The van der Waals surface area contributed by atoms with Gasteiger partial charge in [0.25, 0.3) is 0 Å². The van der Waals surface area contributed by atoms with Crippen LogP contribution in [0.3, 0.4) is 0 Å². The fourth-order valence-electron chi connectivity index (χ4n) is 1.88. The number of nitrogens with one attached hydrogen (secondary N) is 1. The molecule has 0 saturated heterocycles. The molecule has 0 spiro atoms. The minimum atomic E-state index is -0.789. The summed E-state index contributed by atoms with van der Waals surface area (Å²) in [7, 11) is 0. The Labute approximate surface area is 124 Å². The average molecular weight is 280 g/mol. The van der Waals surface area contributed by atoms with Gasteiger partial charge in [0.1, 0.15) is 6.07 Å². The van der Waals surface area contributed by atoms with Crippen LogP contribution in [0, 0.1) is 11.3 Å². The summed E-state index contributed by atoms with van der Waals surface area (Å²) in [6.07, 6.45) is -0.986. The van der Waals surface area contributed by atoms with E-state index >= 15 is 0 Å². The molecule has 21 heavy (non-hydrogen) atoms. The van der Waals surface area contributed by atoms with Crippen molar-refractivity contribution in [1.82, 2.24) is 5.32 Å². The lowest BCUT2D eigenvalue weighted by Gasteiger charge is -2.12. The van der Waals surface area contributed by atoms with E-state index in [4.69, 9.17) is 10.00 Å². The Morgan fingerprint density at radius 2 is 1.62 bits per heavy atom. The second-order valence-electron chi connectivity index (χ2n) is 4.55. The summed E-state index contributed by atoms with van der Waals surface area (Å²) in [6.45, 7) is 0.378. The van der Waals surface area contributed by atoms with Crippen LogP contribution in [0.5, 0.6) is 0 Å². The van der Waals surface area contributed by atoms with Gasteiger partial charge >= 0.3 is 6.09 Å². The van der Waals surface area contributed by atoms with Crippen molar-refractivity contribution in [1.29, 1.82) is 5.26 Å². The number of hydrogen-bond donors (Lipinski definition) is 1. The van der Waals surface area contributed by atoms with Crippen LogP contribution in [-0.4, -0.2) is 12.2 Å². The largest absolute Gasteiger partial charge is 0.430 e. The highest BCUT2D eigenvalue weighted by molar-refractivity contribution is 5.67. The van der Waals surface area contributed by atoms with Crippen LogP contribution in [0.2, 0.25) is 0 Å². The first kappa shape index (κ1) is 14.6. The molecular formula is C17H16N2O2. The Morgan fingerprint density at radius 3 is 2.19 bits per heavy atom. The molecule has 1 N–H and O–H groups in total. The standard InChI is InChI=1S/C17H16N2O2/c18-12-16(11-14-7-3-1-4-8-14)21-17(20)19-13-15-9-5-2-6-10-15/h1-10,16H,11,13H2,(H,19,20). The lowest BCUT2D eigenvalue weighted by molar-refractivity contribution is 0.122. The summed E-state index contributed by atoms with van der Waals surface area (Å²) in [5.74, 6) is 0. The lowest BCUT2D eigenvalue weighted by Crippen LogP contribution is -2.29. The maximum Gasteiger partial charge on any atom is 0.408 e. The predicted octanol–water partition coefficient (Wildman–Crippen LogP) is 3.05. The van der Waals surface area contributed by atoms with Crippen molar-refractivity contribution >= 4 is 6.09 Å². The number of amides is 1. The van der Waals surface area contributed by atoms with Gasteiger partial charge in [-0.15, -0.1) is 0 Å². The van der Waals surface area contributed by atoms with Gasteiger partial charge in [-0.25, -0.2) is 4.79 Å². The van der Waals surface area contributed by atoms with Gasteiger partial charge in [-0.2, -0.15) is 5.26 Å². The number of hydrogen-bond acceptors (Lipinski definition) is 3. The van der Waals surface area contributed by atoms with Crippen molar-refractivity contribution in [2.45, 2.75) is 19.1 Å². The Morgan fingerprint density at radius 1 is 1.05 bits per heavy atom. The number of benzene rings is 2. The Kier molecular flexibility index (Phi) is 5.36. The molecule has 1 atom stereocenters. The van der Waals surface area contributed by atoms with Crippen LogP contribution in [0.1, 0.15) is 11.1 Å². The number of ether oxygens (including phenoxy) is 1. The molecule has 0 aliphatic carbocycles. The van der Waals surface area contributed by atoms with Gasteiger partial charge in [0.15, 0.2) is 6.10 Å². The third kappa shape index (κ3) is 5.00. The van der Waals surface area contributed by atoms with Crippen molar-refractivity contribution in [3.63, 3.8) is 0 Å². The molecule has 2 rings (SSSR count). The lowest BCUT2D eigenvalue weighted by atomic mass is 10.1. The van der Waals surface area contributed by atoms with Gasteiger partial charge in [0, 0.05) is 13.0 Å². The number of nitrogens with zero attached hydrogens (tertiary/aromatic N) is 1. The van der Waals surface area contributed by atoms with E-state index in [2.05, 4.69) is 5.32 Å². The van der Waals surface area contributed by atoms with E-state index in [1.807, 2.05) is 66.7 Å². The average Bonchev–Trinajstić information content (AvgIpc) is 2.54. The van der Waals surface area contributed by atoms with E-state index in [-0.39, 0.29) is 0 Å². The highest BCUT2D eigenvalue weighted by Crippen LogP contribution is 2.06. The van der Waals surface area contributed by atoms with E-state index in [9.17, 15) is 4.79 Å². The Balaban J connectivity index is 1.81. The number of carbonyl (C=O) groups excluding carboxylic acids is 1. The Hall–Kier alpha value is -2.80. The first-order valence-corrected chi connectivity index (χ1v) is 6.70. The second-order valence-corrected chi connectivity index (χ2v) is 4.55. The van der Waals surface area contributed by atoms with Gasteiger partial charge in [-0.05, 0) is 11.1 Å². The molecule has 1 unspecified atom stereocenters. The van der Waals surface area contributed by atoms with Gasteiger partial charge in [0.2, 0.25) is 0 Å². The summed E-state index contributed by atoms with van der Waals surface area (Å²) in [4.78, 5) is 11.7. The number of alkyl carbamates (subject to hydrolysis) is 1. The molecule has 106 valence electrons. The molecule has 0 aliphatic rings. The number of carbonyl (C=O) groups is 1. The monoisotopic (exact) mass is 280 g/mol.